The van der Waals surface area contributed by atoms with Gasteiger partial charge in [-0.05, 0) is 49.6 Å². The Morgan fingerprint density at radius 1 is 1.03 bits per heavy atom. The third kappa shape index (κ3) is 5.26. The number of nitrogens with zero attached hydrogens (tertiary/aromatic N) is 3. The lowest BCUT2D eigenvalue weighted by molar-refractivity contribution is -0.140. The number of rotatable bonds is 7. The van der Waals surface area contributed by atoms with E-state index in [9.17, 15) is 14.7 Å². The number of ketones is 1. The molecule has 7 heteroatoms. The lowest BCUT2D eigenvalue weighted by atomic mass is 9.93. The number of carbonyl (C=O) groups is 2. The summed E-state index contributed by atoms with van der Waals surface area (Å²) in [5.41, 5.74) is 4.41. The highest BCUT2D eigenvalue weighted by Gasteiger charge is 2.46. The summed E-state index contributed by atoms with van der Waals surface area (Å²) >= 11 is 0. The van der Waals surface area contributed by atoms with E-state index in [-0.39, 0.29) is 11.3 Å². The molecule has 2 aliphatic rings. The van der Waals surface area contributed by atoms with Crippen molar-refractivity contribution < 1.29 is 19.4 Å². The molecule has 2 aromatic carbocycles. The third-order valence-corrected chi connectivity index (χ3v) is 6.89. The maximum absolute atomic E-state index is 13.3. The molecule has 2 fully saturated rings. The van der Waals surface area contributed by atoms with Crippen LogP contribution < -0.4 is 4.90 Å². The van der Waals surface area contributed by atoms with Crippen molar-refractivity contribution in [2.75, 3.05) is 58.4 Å². The van der Waals surface area contributed by atoms with E-state index in [1.165, 1.54) is 0 Å². The molecule has 0 radical (unpaired) electrons. The van der Waals surface area contributed by atoms with Crippen molar-refractivity contribution in [2.45, 2.75) is 26.3 Å². The van der Waals surface area contributed by atoms with Gasteiger partial charge >= 0.3 is 0 Å². The van der Waals surface area contributed by atoms with Crippen molar-refractivity contribution in [3.05, 3.63) is 70.3 Å². The minimum absolute atomic E-state index is 0.109. The number of hydrogen-bond donors (Lipinski definition) is 1. The summed E-state index contributed by atoms with van der Waals surface area (Å²) in [6.07, 6.45) is 0.739. The van der Waals surface area contributed by atoms with Gasteiger partial charge in [0.1, 0.15) is 5.76 Å². The molecule has 186 valence electrons. The zero-order chi connectivity index (χ0) is 25.1. The second-order valence-corrected chi connectivity index (χ2v) is 9.60. The van der Waals surface area contributed by atoms with Crippen molar-refractivity contribution in [3.63, 3.8) is 0 Å². The van der Waals surface area contributed by atoms with Crippen LogP contribution in [-0.4, -0.2) is 80.1 Å². The zero-order valence-electron chi connectivity index (χ0n) is 21.1. The Kier molecular flexibility index (Phi) is 7.57. The molecule has 4 rings (SSSR count). The van der Waals surface area contributed by atoms with Gasteiger partial charge in [0, 0.05) is 51.5 Å². The normalized spacial score (nSPS) is 20.5. The maximum Gasteiger partial charge on any atom is 0.295 e. The summed E-state index contributed by atoms with van der Waals surface area (Å²) in [5.74, 6) is -1.29. The molecule has 1 N–H and O–H groups in total. The molecular weight excluding hydrogens is 442 g/mol. The van der Waals surface area contributed by atoms with Crippen LogP contribution in [0.15, 0.2) is 48.0 Å². The average Bonchev–Trinajstić information content (AvgIpc) is 3.11. The summed E-state index contributed by atoms with van der Waals surface area (Å²) in [6, 6.07) is 13.0. The summed E-state index contributed by atoms with van der Waals surface area (Å²) < 4.78 is 5.42. The number of Topliss-reactive ketones (excluding diaryl/α,β-unsaturated/α-hetero) is 1. The molecule has 0 aromatic heterocycles. The number of aliphatic hydroxyl groups is 1. The summed E-state index contributed by atoms with van der Waals surface area (Å²) in [5, 5.41) is 11.4. The highest BCUT2D eigenvalue weighted by molar-refractivity contribution is 6.46. The summed E-state index contributed by atoms with van der Waals surface area (Å²) in [6.45, 7) is 8.30. The molecule has 7 nitrogen and oxygen atoms in total. The number of morpholine rings is 1. The number of likely N-dealkylation sites (tertiary alicyclic amines) is 1. The van der Waals surface area contributed by atoms with Crippen LogP contribution in [0.2, 0.25) is 0 Å². The van der Waals surface area contributed by atoms with E-state index in [0.29, 0.717) is 12.1 Å². The first-order valence-corrected chi connectivity index (χ1v) is 12.2. The lowest BCUT2D eigenvalue weighted by Gasteiger charge is -2.29. The standard InChI is InChI=1S/C28H35N3O4/c1-19-6-7-20(2)23(18-19)26(32)24-25(21-8-10-22(11-9-21)29(3)4)31(28(34)27(24)33)13-5-12-30-14-16-35-17-15-30/h6-11,18,25,32H,5,12-17H2,1-4H3. The highest BCUT2D eigenvalue weighted by Crippen LogP contribution is 2.40. The van der Waals surface area contributed by atoms with Gasteiger partial charge in [-0.1, -0.05) is 29.8 Å². The quantitative estimate of drug-likeness (QED) is 0.374. The third-order valence-electron chi connectivity index (χ3n) is 6.89. The van der Waals surface area contributed by atoms with E-state index in [2.05, 4.69) is 4.90 Å². The number of aryl methyl sites for hydroxylation is 2. The van der Waals surface area contributed by atoms with Crippen molar-refractivity contribution in [3.8, 4) is 0 Å². The first kappa shape index (κ1) is 24.9. The van der Waals surface area contributed by atoms with Gasteiger partial charge in [0.05, 0.1) is 24.8 Å². The van der Waals surface area contributed by atoms with Crippen LogP contribution in [0.1, 0.15) is 34.7 Å². The molecule has 2 saturated heterocycles. The minimum atomic E-state index is -0.629. The van der Waals surface area contributed by atoms with E-state index in [1.54, 1.807) is 4.90 Å². The molecule has 0 saturated carbocycles. The van der Waals surface area contributed by atoms with Gasteiger partial charge in [-0.3, -0.25) is 14.5 Å². The van der Waals surface area contributed by atoms with Gasteiger partial charge in [0.2, 0.25) is 0 Å². The maximum atomic E-state index is 13.3. The number of anilines is 1. The lowest BCUT2D eigenvalue weighted by Crippen LogP contribution is -2.38. The van der Waals surface area contributed by atoms with Gasteiger partial charge in [0.25, 0.3) is 11.7 Å². The van der Waals surface area contributed by atoms with Crippen LogP contribution in [-0.2, 0) is 14.3 Å². The summed E-state index contributed by atoms with van der Waals surface area (Å²) in [4.78, 5) is 32.5. The molecule has 0 aliphatic carbocycles. The predicted molar refractivity (Wildman–Crippen MR) is 138 cm³/mol. The van der Waals surface area contributed by atoms with E-state index >= 15 is 0 Å². The zero-order valence-corrected chi connectivity index (χ0v) is 21.1. The largest absolute Gasteiger partial charge is 0.507 e. The number of carbonyl (C=O) groups excluding carboxylic acids is 2. The van der Waals surface area contributed by atoms with Crippen LogP contribution >= 0.6 is 0 Å². The van der Waals surface area contributed by atoms with E-state index in [1.807, 2.05) is 75.3 Å². The molecule has 2 aromatic rings. The Morgan fingerprint density at radius 2 is 1.71 bits per heavy atom. The summed E-state index contributed by atoms with van der Waals surface area (Å²) in [7, 11) is 3.93. The molecule has 0 bridgehead atoms. The van der Waals surface area contributed by atoms with Crippen LogP contribution in [0.5, 0.6) is 0 Å². The average molecular weight is 478 g/mol. The van der Waals surface area contributed by atoms with E-state index in [0.717, 1.165) is 61.6 Å². The first-order chi connectivity index (χ1) is 16.8. The molecule has 2 aliphatic heterocycles. The molecule has 1 unspecified atom stereocenters. The topological polar surface area (TPSA) is 73.3 Å². The Balaban J connectivity index is 1.71. The van der Waals surface area contributed by atoms with Gasteiger partial charge < -0.3 is 19.6 Å². The Hall–Kier alpha value is -3.16. The van der Waals surface area contributed by atoms with Gasteiger partial charge in [-0.15, -0.1) is 0 Å². The molecule has 0 spiro atoms. The van der Waals surface area contributed by atoms with Crippen LogP contribution in [0.3, 0.4) is 0 Å². The molecule has 1 atom stereocenters. The Bertz CT molecular complexity index is 1120. The van der Waals surface area contributed by atoms with Crippen molar-refractivity contribution in [1.29, 1.82) is 0 Å². The highest BCUT2D eigenvalue weighted by atomic mass is 16.5. The second kappa shape index (κ2) is 10.6. The van der Waals surface area contributed by atoms with E-state index in [4.69, 9.17) is 4.74 Å². The fraction of sp³-hybridized carbons (Fsp3) is 0.429. The van der Waals surface area contributed by atoms with Crippen molar-refractivity contribution in [2.24, 2.45) is 0 Å². The van der Waals surface area contributed by atoms with Crippen LogP contribution in [0, 0.1) is 13.8 Å². The first-order valence-electron chi connectivity index (χ1n) is 12.2. The number of amides is 1. The van der Waals surface area contributed by atoms with E-state index < -0.39 is 17.7 Å². The fourth-order valence-corrected chi connectivity index (χ4v) is 4.84. The Labute approximate surface area is 207 Å². The van der Waals surface area contributed by atoms with Crippen molar-refractivity contribution >= 4 is 23.1 Å². The minimum Gasteiger partial charge on any atom is -0.507 e. The Morgan fingerprint density at radius 3 is 2.37 bits per heavy atom. The van der Waals surface area contributed by atoms with Crippen molar-refractivity contribution in [1.82, 2.24) is 9.80 Å². The van der Waals surface area contributed by atoms with Crippen LogP contribution in [0.25, 0.3) is 5.76 Å². The molecule has 1 amide bonds. The van der Waals surface area contributed by atoms with Crippen LogP contribution in [0.4, 0.5) is 5.69 Å². The van der Waals surface area contributed by atoms with Gasteiger partial charge in [-0.2, -0.15) is 0 Å². The van der Waals surface area contributed by atoms with Gasteiger partial charge in [0.15, 0.2) is 0 Å². The number of ether oxygens (including phenoxy) is 1. The van der Waals surface area contributed by atoms with Gasteiger partial charge in [-0.25, -0.2) is 0 Å². The number of aliphatic hydroxyl groups excluding tert-OH is 1. The smallest absolute Gasteiger partial charge is 0.295 e. The fourth-order valence-electron chi connectivity index (χ4n) is 4.84. The molecule has 2 heterocycles. The SMILES string of the molecule is Cc1ccc(C)c(C(O)=C2C(=O)C(=O)N(CCCN3CCOCC3)C2c2ccc(N(C)C)cc2)c1. The monoisotopic (exact) mass is 477 g/mol. The molecular formula is C28H35N3O4. The predicted octanol–water partition coefficient (Wildman–Crippen LogP) is 3.51. The molecule has 35 heavy (non-hydrogen) atoms. The number of hydrogen-bond acceptors (Lipinski definition) is 6. The second-order valence-electron chi connectivity index (χ2n) is 9.60. The number of benzene rings is 2.